The second kappa shape index (κ2) is 5.57. The normalized spacial score (nSPS) is 25.6. The van der Waals surface area contributed by atoms with Crippen molar-refractivity contribution >= 4 is 23.2 Å². The third kappa shape index (κ3) is 3.59. The summed E-state index contributed by atoms with van der Waals surface area (Å²) in [6, 6.07) is 5.46. The van der Waals surface area contributed by atoms with Gasteiger partial charge in [0.2, 0.25) is 0 Å². The molecular weight excluding hydrogens is 257 g/mol. The molecular formula is C13H17Cl2NO. The molecule has 94 valence electrons. The molecule has 2 N–H and O–H groups in total. The SMILES string of the molecule is OC1(Cc2ccc(Cl)cc2Cl)CCCNCC1. The van der Waals surface area contributed by atoms with Crippen LogP contribution in [-0.4, -0.2) is 23.8 Å². The quantitative estimate of drug-likeness (QED) is 0.868. The van der Waals surface area contributed by atoms with Crippen LogP contribution in [-0.2, 0) is 6.42 Å². The molecule has 0 bridgehead atoms. The van der Waals surface area contributed by atoms with Crippen LogP contribution in [0.15, 0.2) is 18.2 Å². The number of rotatable bonds is 2. The van der Waals surface area contributed by atoms with E-state index in [-0.39, 0.29) is 0 Å². The van der Waals surface area contributed by atoms with Gasteiger partial charge in [-0.05, 0) is 50.0 Å². The van der Waals surface area contributed by atoms with Crippen molar-refractivity contribution in [1.82, 2.24) is 5.32 Å². The molecule has 1 saturated heterocycles. The second-order valence-electron chi connectivity index (χ2n) is 4.74. The Kier molecular flexibility index (Phi) is 4.31. The maximum absolute atomic E-state index is 10.6. The van der Waals surface area contributed by atoms with Gasteiger partial charge in [-0.2, -0.15) is 0 Å². The lowest BCUT2D eigenvalue weighted by molar-refractivity contribution is 0.0285. The van der Waals surface area contributed by atoms with Crippen molar-refractivity contribution in [1.29, 1.82) is 0 Å². The summed E-state index contributed by atoms with van der Waals surface area (Å²) in [7, 11) is 0. The van der Waals surface area contributed by atoms with Gasteiger partial charge in [-0.25, -0.2) is 0 Å². The van der Waals surface area contributed by atoms with E-state index >= 15 is 0 Å². The molecule has 1 atom stereocenters. The van der Waals surface area contributed by atoms with Crippen LogP contribution in [0.1, 0.15) is 24.8 Å². The zero-order chi connectivity index (χ0) is 12.3. The fourth-order valence-electron chi connectivity index (χ4n) is 2.31. The molecule has 1 aromatic rings. The largest absolute Gasteiger partial charge is 0.389 e. The molecule has 1 unspecified atom stereocenters. The molecule has 1 fully saturated rings. The summed E-state index contributed by atoms with van der Waals surface area (Å²) < 4.78 is 0. The number of hydrogen-bond acceptors (Lipinski definition) is 2. The highest BCUT2D eigenvalue weighted by Crippen LogP contribution is 2.29. The Labute approximate surface area is 112 Å². The Bertz CT molecular complexity index is 387. The first-order valence-corrected chi connectivity index (χ1v) is 6.72. The second-order valence-corrected chi connectivity index (χ2v) is 5.58. The summed E-state index contributed by atoms with van der Waals surface area (Å²) in [5, 5.41) is 15.1. The molecule has 0 saturated carbocycles. The third-order valence-electron chi connectivity index (χ3n) is 3.30. The van der Waals surface area contributed by atoms with Crippen molar-refractivity contribution in [2.45, 2.75) is 31.3 Å². The van der Waals surface area contributed by atoms with Crippen LogP contribution in [0.3, 0.4) is 0 Å². The number of hydrogen-bond donors (Lipinski definition) is 2. The van der Waals surface area contributed by atoms with Crippen molar-refractivity contribution in [2.24, 2.45) is 0 Å². The summed E-state index contributed by atoms with van der Waals surface area (Å²) >= 11 is 12.0. The zero-order valence-corrected chi connectivity index (χ0v) is 11.2. The van der Waals surface area contributed by atoms with Gasteiger partial charge in [0, 0.05) is 16.5 Å². The predicted octanol–water partition coefficient (Wildman–Crippen LogP) is 3.04. The van der Waals surface area contributed by atoms with Gasteiger partial charge in [0.05, 0.1) is 5.60 Å². The first-order valence-electron chi connectivity index (χ1n) is 5.96. The number of benzene rings is 1. The molecule has 0 aliphatic carbocycles. The fraction of sp³-hybridized carbons (Fsp3) is 0.538. The van der Waals surface area contributed by atoms with Gasteiger partial charge in [-0.1, -0.05) is 29.3 Å². The van der Waals surface area contributed by atoms with Crippen LogP contribution < -0.4 is 5.32 Å². The molecule has 0 spiro atoms. The van der Waals surface area contributed by atoms with Crippen LogP contribution in [0.25, 0.3) is 0 Å². The van der Waals surface area contributed by atoms with E-state index in [1.807, 2.05) is 12.1 Å². The van der Waals surface area contributed by atoms with Gasteiger partial charge >= 0.3 is 0 Å². The molecule has 1 heterocycles. The van der Waals surface area contributed by atoms with Gasteiger partial charge in [-0.3, -0.25) is 0 Å². The average molecular weight is 274 g/mol. The highest BCUT2D eigenvalue weighted by Gasteiger charge is 2.28. The van der Waals surface area contributed by atoms with Crippen molar-refractivity contribution in [3.8, 4) is 0 Å². The minimum atomic E-state index is -0.638. The topological polar surface area (TPSA) is 32.3 Å². The third-order valence-corrected chi connectivity index (χ3v) is 3.88. The minimum absolute atomic E-state index is 0.602. The van der Waals surface area contributed by atoms with Gasteiger partial charge in [-0.15, -0.1) is 0 Å². The molecule has 0 radical (unpaired) electrons. The van der Waals surface area contributed by atoms with Gasteiger partial charge in [0.1, 0.15) is 0 Å². The molecule has 0 amide bonds. The van der Waals surface area contributed by atoms with Crippen molar-refractivity contribution in [3.63, 3.8) is 0 Å². The fourth-order valence-corrected chi connectivity index (χ4v) is 2.79. The summed E-state index contributed by atoms with van der Waals surface area (Å²) in [6.45, 7) is 1.85. The van der Waals surface area contributed by atoms with Gasteiger partial charge in [0.15, 0.2) is 0 Å². The highest BCUT2D eigenvalue weighted by atomic mass is 35.5. The molecule has 2 nitrogen and oxygen atoms in total. The van der Waals surface area contributed by atoms with Crippen LogP contribution in [0.5, 0.6) is 0 Å². The summed E-state index contributed by atoms with van der Waals surface area (Å²) in [5.41, 5.74) is 0.335. The van der Waals surface area contributed by atoms with E-state index < -0.39 is 5.60 Å². The summed E-state index contributed by atoms with van der Waals surface area (Å²) in [4.78, 5) is 0. The average Bonchev–Trinajstić information content (AvgIpc) is 2.48. The lowest BCUT2D eigenvalue weighted by Gasteiger charge is -2.26. The minimum Gasteiger partial charge on any atom is -0.389 e. The van der Waals surface area contributed by atoms with Crippen LogP contribution in [0.4, 0.5) is 0 Å². The van der Waals surface area contributed by atoms with E-state index in [1.165, 1.54) is 0 Å². The van der Waals surface area contributed by atoms with Crippen LogP contribution in [0.2, 0.25) is 10.0 Å². The predicted molar refractivity (Wildman–Crippen MR) is 71.8 cm³/mol. The maximum Gasteiger partial charge on any atom is 0.0701 e. The standard InChI is InChI=1S/C13H17Cl2NO/c14-11-3-2-10(12(15)8-11)9-13(17)4-1-6-16-7-5-13/h2-3,8,16-17H,1,4-7,9H2. The lowest BCUT2D eigenvalue weighted by Crippen LogP contribution is -2.32. The number of halogens is 2. The molecule has 1 aromatic carbocycles. The van der Waals surface area contributed by atoms with E-state index in [9.17, 15) is 5.11 Å². The highest BCUT2D eigenvalue weighted by molar-refractivity contribution is 6.35. The van der Waals surface area contributed by atoms with Crippen molar-refractivity contribution in [2.75, 3.05) is 13.1 Å². The number of nitrogens with one attached hydrogen (secondary N) is 1. The van der Waals surface area contributed by atoms with E-state index in [2.05, 4.69) is 5.32 Å². The Hall–Kier alpha value is -0.280. The maximum atomic E-state index is 10.6. The molecule has 17 heavy (non-hydrogen) atoms. The van der Waals surface area contributed by atoms with Gasteiger partial charge < -0.3 is 10.4 Å². The first-order chi connectivity index (χ1) is 8.09. The van der Waals surface area contributed by atoms with Crippen molar-refractivity contribution < 1.29 is 5.11 Å². The van der Waals surface area contributed by atoms with E-state index in [4.69, 9.17) is 23.2 Å². The molecule has 2 rings (SSSR count). The monoisotopic (exact) mass is 273 g/mol. The van der Waals surface area contributed by atoms with Crippen LogP contribution >= 0.6 is 23.2 Å². The summed E-state index contributed by atoms with van der Waals surface area (Å²) in [5.74, 6) is 0. The zero-order valence-electron chi connectivity index (χ0n) is 9.68. The Morgan fingerprint density at radius 1 is 1.24 bits per heavy atom. The van der Waals surface area contributed by atoms with E-state index in [1.54, 1.807) is 6.07 Å². The Morgan fingerprint density at radius 2 is 2.06 bits per heavy atom. The van der Waals surface area contributed by atoms with Crippen LogP contribution in [0, 0.1) is 0 Å². The molecule has 4 heteroatoms. The number of aliphatic hydroxyl groups is 1. The van der Waals surface area contributed by atoms with Gasteiger partial charge in [0.25, 0.3) is 0 Å². The van der Waals surface area contributed by atoms with E-state index in [0.717, 1.165) is 37.9 Å². The molecule has 0 aromatic heterocycles. The molecule has 1 aliphatic heterocycles. The Morgan fingerprint density at radius 3 is 2.82 bits per heavy atom. The molecule has 1 aliphatic rings. The smallest absolute Gasteiger partial charge is 0.0701 e. The van der Waals surface area contributed by atoms with Crippen molar-refractivity contribution in [3.05, 3.63) is 33.8 Å². The first kappa shape index (κ1) is 13.2. The van der Waals surface area contributed by atoms with E-state index in [0.29, 0.717) is 16.5 Å². The summed E-state index contributed by atoms with van der Waals surface area (Å²) in [6.07, 6.45) is 3.19. The lowest BCUT2D eigenvalue weighted by atomic mass is 9.88. The Balaban J connectivity index is 2.12.